The van der Waals surface area contributed by atoms with Gasteiger partial charge < -0.3 is 10.7 Å². The molecule has 1 amide bonds. The molecule has 0 unspecified atom stereocenters. The van der Waals surface area contributed by atoms with E-state index < -0.39 is 4.92 Å². The third-order valence-electron chi connectivity index (χ3n) is 2.98. The van der Waals surface area contributed by atoms with Gasteiger partial charge in [-0.05, 0) is 31.2 Å². The molecule has 7 heteroatoms. The Morgan fingerprint density at radius 1 is 1.24 bits per heavy atom. The third-order valence-corrected chi connectivity index (χ3v) is 2.98. The Labute approximate surface area is 120 Å². The fourth-order valence-electron chi connectivity index (χ4n) is 1.94. The highest BCUT2D eigenvalue weighted by atomic mass is 16.6. The fourth-order valence-corrected chi connectivity index (χ4v) is 1.94. The normalized spacial score (nSPS) is 10.0. The summed E-state index contributed by atoms with van der Waals surface area (Å²) in [6, 6.07) is 11.2. The summed E-state index contributed by atoms with van der Waals surface area (Å²) in [6.45, 7) is 1.61. The molecule has 0 aliphatic heterocycles. The molecule has 0 aliphatic rings. The Morgan fingerprint density at radius 3 is 2.57 bits per heavy atom. The van der Waals surface area contributed by atoms with Crippen LogP contribution in [0.15, 0.2) is 42.5 Å². The van der Waals surface area contributed by atoms with Crippen LogP contribution in [0, 0.1) is 17.0 Å². The number of para-hydroxylation sites is 1. The number of benzene rings is 2. The molecule has 0 fully saturated rings. The lowest BCUT2D eigenvalue weighted by atomic mass is 10.1. The van der Waals surface area contributed by atoms with E-state index in [9.17, 15) is 14.9 Å². The zero-order valence-electron chi connectivity index (χ0n) is 11.3. The van der Waals surface area contributed by atoms with E-state index in [0.717, 1.165) is 0 Å². The van der Waals surface area contributed by atoms with Crippen molar-refractivity contribution in [3.63, 3.8) is 0 Å². The number of nitrogens with one attached hydrogen (secondary N) is 2. The van der Waals surface area contributed by atoms with Gasteiger partial charge in [-0.1, -0.05) is 12.1 Å². The summed E-state index contributed by atoms with van der Waals surface area (Å²) in [6.07, 6.45) is 0. The van der Waals surface area contributed by atoms with Crippen molar-refractivity contribution in [3.05, 3.63) is 63.7 Å². The average molecular weight is 286 g/mol. The number of anilines is 2. The fraction of sp³-hybridized carbons (Fsp3) is 0.0714. The highest BCUT2D eigenvalue weighted by Crippen LogP contribution is 2.22. The molecule has 108 valence electrons. The number of nitro benzene ring substituents is 1. The standard InChI is InChI=1S/C14H14N4O3/c1-9-8-10(6-7-13(9)18(20)21)16-14(19)11-4-2-3-5-12(11)17-15/h2-8,17H,15H2,1H3,(H,16,19). The number of nitro groups is 1. The number of carbonyl (C=O) groups excluding carboxylic acids is 1. The summed E-state index contributed by atoms with van der Waals surface area (Å²) in [5.41, 5.74) is 4.29. The zero-order valence-corrected chi connectivity index (χ0v) is 11.3. The SMILES string of the molecule is Cc1cc(NC(=O)c2ccccc2NN)ccc1[N+](=O)[O-]. The minimum atomic E-state index is -0.464. The number of nitrogen functional groups attached to an aromatic ring is 1. The number of hydrazine groups is 1. The van der Waals surface area contributed by atoms with Gasteiger partial charge in [0.05, 0.1) is 16.2 Å². The Hall–Kier alpha value is -2.93. The molecule has 0 aliphatic carbocycles. The smallest absolute Gasteiger partial charge is 0.272 e. The van der Waals surface area contributed by atoms with E-state index in [0.29, 0.717) is 22.5 Å². The molecule has 2 aromatic carbocycles. The summed E-state index contributed by atoms with van der Waals surface area (Å²) in [4.78, 5) is 22.5. The Morgan fingerprint density at radius 2 is 1.95 bits per heavy atom. The predicted octanol–water partition coefficient (Wildman–Crippen LogP) is 2.44. The quantitative estimate of drug-likeness (QED) is 0.454. The maximum absolute atomic E-state index is 12.2. The first kappa shape index (κ1) is 14.5. The van der Waals surface area contributed by atoms with Crippen molar-refractivity contribution in [2.24, 2.45) is 5.84 Å². The minimum Gasteiger partial charge on any atom is -0.323 e. The van der Waals surface area contributed by atoms with Crippen molar-refractivity contribution in [1.29, 1.82) is 0 Å². The van der Waals surface area contributed by atoms with E-state index in [2.05, 4.69) is 10.7 Å². The molecule has 0 spiro atoms. The monoisotopic (exact) mass is 286 g/mol. The van der Waals surface area contributed by atoms with Gasteiger partial charge in [0, 0.05) is 17.3 Å². The van der Waals surface area contributed by atoms with Gasteiger partial charge in [0.1, 0.15) is 0 Å². The van der Waals surface area contributed by atoms with Gasteiger partial charge in [0.25, 0.3) is 11.6 Å². The molecule has 2 rings (SSSR count). The van der Waals surface area contributed by atoms with E-state index in [1.165, 1.54) is 12.1 Å². The number of aryl methyl sites for hydroxylation is 1. The Balaban J connectivity index is 2.24. The summed E-state index contributed by atoms with van der Waals surface area (Å²) < 4.78 is 0. The van der Waals surface area contributed by atoms with Crippen LogP contribution in [0.2, 0.25) is 0 Å². The molecule has 2 aromatic rings. The number of rotatable bonds is 4. The Bertz CT molecular complexity index is 700. The van der Waals surface area contributed by atoms with E-state index in [1.54, 1.807) is 37.3 Å². The maximum atomic E-state index is 12.2. The predicted molar refractivity (Wildman–Crippen MR) is 80.0 cm³/mol. The number of hydrogen-bond donors (Lipinski definition) is 3. The lowest BCUT2D eigenvalue weighted by Crippen LogP contribution is -2.17. The Kier molecular flexibility index (Phi) is 4.15. The molecule has 0 radical (unpaired) electrons. The topological polar surface area (TPSA) is 110 Å². The number of amides is 1. The first-order chi connectivity index (χ1) is 10.0. The van der Waals surface area contributed by atoms with E-state index in [1.807, 2.05) is 0 Å². The van der Waals surface area contributed by atoms with Crippen molar-refractivity contribution >= 4 is 23.0 Å². The first-order valence-corrected chi connectivity index (χ1v) is 6.15. The maximum Gasteiger partial charge on any atom is 0.272 e. The van der Waals surface area contributed by atoms with E-state index >= 15 is 0 Å². The highest BCUT2D eigenvalue weighted by molar-refractivity contribution is 6.08. The first-order valence-electron chi connectivity index (χ1n) is 6.15. The van der Waals surface area contributed by atoms with Crippen LogP contribution in [-0.2, 0) is 0 Å². The van der Waals surface area contributed by atoms with E-state index in [4.69, 9.17) is 5.84 Å². The van der Waals surface area contributed by atoms with Crippen molar-refractivity contribution in [3.8, 4) is 0 Å². The minimum absolute atomic E-state index is 0.0111. The number of hydrogen-bond acceptors (Lipinski definition) is 5. The molecule has 0 heterocycles. The molecular weight excluding hydrogens is 272 g/mol. The van der Waals surface area contributed by atoms with Gasteiger partial charge in [-0.2, -0.15) is 0 Å². The van der Waals surface area contributed by atoms with Gasteiger partial charge in [0.15, 0.2) is 0 Å². The van der Waals surface area contributed by atoms with E-state index in [-0.39, 0.29) is 11.6 Å². The summed E-state index contributed by atoms with van der Waals surface area (Å²) >= 11 is 0. The molecule has 0 aromatic heterocycles. The summed E-state index contributed by atoms with van der Waals surface area (Å²) in [5, 5.41) is 13.4. The van der Waals surface area contributed by atoms with Crippen LogP contribution in [-0.4, -0.2) is 10.8 Å². The van der Waals surface area contributed by atoms with Gasteiger partial charge in [-0.15, -0.1) is 0 Å². The van der Waals surface area contributed by atoms with Crippen LogP contribution in [0.1, 0.15) is 15.9 Å². The molecule has 0 saturated heterocycles. The van der Waals surface area contributed by atoms with Crippen LogP contribution < -0.4 is 16.6 Å². The van der Waals surface area contributed by atoms with Gasteiger partial charge >= 0.3 is 0 Å². The summed E-state index contributed by atoms with van der Waals surface area (Å²) in [5.74, 6) is 5.00. The van der Waals surface area contributed by atoms with Crippen LogP contribution >= 0.6 is 0 Å². The molecular formula is C14H14N4O3. The molecule has 7 nitrogen and oxygen atoms in total. The molecule has 4 N–H and O–H groups in total. The molecule has 21 heavy (non-hydrogen) atoms. The van der Waals surface area contributed by atoms with Crippen molar-refractivity contribution in [2.45, 2.75) is 6.92 Å². The second-order valence-corrected chi connectivity index (χ2v) is 4.40. The van der Waals surface area contributed by atoms with Crippen LogP contribution in [0.4, 0.5) is 17.1 Å². The molecule has 0 atom stereocenters. The zero-order chi connectivity index (χ0) is 15.4. The molecule has 0 bridgehead atoms. The number of carbonyl (C=O) groups is 1. The van der Waals surface area contributed by atoms with Crippen LogP contribution in [0.3, 0.4) is 0 Å². The average Bonchev–Trinajstić information content (AvgIpc) is 2.46. The lowest BCUT2D eigenvalue weighted by molar-refractivity contribution is -0.385. The lowest BCUT2D eigenvalue weighted by Gasteiger charge is -2.10. The number of nitrogens with two attached hydrogens (primary N) is 1. The summed E-state index contributed by atoms with van der Waals surface area (Å²) in [7, 11) is 0. The van der Waals surface area contributed by atoms with Crippen LogP contribution in [0.5, 0.6) is 0 Å². The largest absolute Gasteiger partial charge is 0.323 e. The van der Waals surface area contributed by atoms with Crippen molar-refractivity contribution < 1.29 is 9.72 Å². The molecule has 0 saturated carbocycles. The second kappa shape index (κ2) is 6.02. The van der Waals surface area contributed by atoms with Crippen molar-refractivity contribution in [1.82, 2.24) is 0 Å². The number of nitrogens with zero attached hydrogens (tertiary/aromatic N) is 1. The van der Waals surface area contributed by atoms with Crippen LogP contribution in [0.25, 0.3) is 0 Å². The highest BCUT2D eigenvalue weighted by Gasteiger charge is 2.13. The van der Waals surface area contributed by atoms with Gasteiger partial charge in [-0.3, -0.25) is 20.8 Å². The third kappa shape index (κ3) is 3.15. The van der Waals surface area contributed by atoms with Gasteiger partial charge in [-0.25, -0.2) is 0 Å². The second-order valence-electron chi connectivity index (χ2n) is 4.40. The van der Waals surface area contributed by atoms with Crippen molar-refractivity contribution in [2.75, 3.05) is 10.7 Å². The van der Waals surface area contributed by atoms with Gasteiger partial charge in [0.2, 0.25) is 0 Å².